The minimum absolute atomic E-state index is 1.09. The van der Waals surface area contributed by atoms with Gasteiger partial charge in [-0.05, 0) is 137 Å². The Morgan fingerprint density at radius 3 is 1.33 bits per heavy atom. The molecule has 0 aliphatic rings. The Hall–Kier alpha value is -8.26. The molecular weight excluding hydrogens is 759 g/mol. The minimum Gasteiger partial charge on any atom is -0.310 e. The van der Waals surface area contributed by atoms with E-state index in [-0.39, 0.29) is 0 Å². The van der Waals surface area contributed by atoms with Crippen LogP contribution in [0.25, 0.3) is 88.3 Å². The third-order valence-electron chi connectivity index (χ3n) is 12.3. The van der Waals surface area contributed by atoms with Gasteiger partial charge in [-0.25, -0.2) is 0 Å². The van der Waals surface area contributed by atoms with Crippen molar-refractivity contribution in [3.63, 3.8) is 0 Å². The van der Waals surface area contributed by atoms with Gasteiger partial charge in [-0.1, -0.05) is 212 Å². The number of hydrogen-bond donors (Lipinski definition) is 0. The summed E-state index contributed by atoms with van der Waals surface area (Å²) in [4.78, 5) is 2.38. The van der Waals surface area contributed by atoms with Gasteiger partial charge in [0.25, 0.3) is 0 Å². The van der Waals surface area contributed by atoms with Gasteiger partial charge in [-0.3, -0.25) is 0 Å². The molecule has 0 aromatic heterocycles. The van der Waals surface area contributed by atoms with Crippen LogP contribution in [-0.4, -0.2) is 0 Å². The second-order valence-corrected chi connectivity index (χ2v) is 16.1. The first-order chi connectivity index (χ1) is 31.2. The maximum atomic E-state index is 2.38. The zero-order chi connectivity index (χ0) is 42.0. The molecule has 0 aliphatic carbocycles. The lowest BCUT2D eigenvalue weighted by atomic mass is 9.91. The van der Waals surface area contributed by atoms with Crippen molar-refractivity contribution in [2.24, 2.45) is 0 Å². The number of anilines is 3. The number of rotatable bonds is 9. The third kappa shape index (κ3) is 7.47. The van der Waals surface area contributed by atoms with E-state index in [1.165, 1.54) is 82.7 Å². The molecule has 11 aromatic carbocycles. The maximum Gasteiger partial charge on any atom is 0.0467 e. The first-order valence-corrected chi connectivity index (χ1v) is 21.7. The second-order valence-electron chi connectivity index (χ2n) is 16.1. The normalized spacial score (nSPS) is 11.2. The molecule has 0 saturated heterocycles. The first kappa shape index (κ1) is 37.7. The van der Waals surface area contributed by atoms with E-state index < -0.39 is 0 Å². The third-order valence-corrected chi connectivity index (χ3v) is 12.3. The summed E-state index contributed by atoms with van der Waals surface area (Å²) >= 11 is 0. The molecule has 296 valence electrons. The van der Waals surface area contributed by atoms with E-state index in [0.717, 1.165) is 22.6 Å². The average Bonchev–Trinajstić information content (AvgIpc) is 3.37. The molecule has 0 unspecified atom stereocenters. The molecule has 0 bridgehead atoms. The summed E-state index contributed by atoms with van der Waals surface area (Å²) in [7, 11) is 0. The van der Waals surface area contributed by atoms with Gasteiger partial charge in [-0.2, -0.15) is 0 Å². The smallest absolute Gasteiger partial charge is 0.0467 e. The van der Waals surface area contributed by atoms with Gasteiger partial charge < -0.3 is 4.90 Å². The fourth-order valence-electron chi connectivity index (χ4n) is 9.12. The van der Waals surface area contributed by atoms with Gasteiger partial charge in [0.1, 0.15) is 0 Å². The fraction of sp³-hybridized carbons (Fsp3) is 0. The molecule has 0 radical (unpaired) electrons. The summed E-state index contributed by atoms with van der Waals surface area (Å²) in [5.41, 5.74) is 17.6. The van der Waals surface area contributed by atoms with Gasteiger partial charge in [0.05, 0.1) is 0 Å². The Bertz CT molecular complexity index is 3350. The van der Waals surface area contributed by atoms with Crippen molar-refractivity contribution in [1.82, 2.24) is 0 Å². The lowest BCUT2D eigenvalue weighted by Crippen LogP contribution is -2.10. The predicted octanol–water partition coefficient (Wildman–Crippen LogP) is 17.5. The molecule has 0 N–H and O–H groups in total. The van der Waals surface area contributed by atoms with E-state index in [9.17, 15) is 0 Å². The Balaban J connectivity index is 1.00. The Kier molecular flexibility index (Phi) is 9.97. The van der Waals surface area contributed by atoms with Crippen LogP contribution in [0.15, 0.2) is 261 Å². The van der Waals surface area contributed by atoms with Crippen molar-refractivity contribution in [2.45, 2.75) is 0 Å². The van der Waals surface area contributed by atoms with Crippen LogP contribution in [0, 0.1) is 0 Å². The highest BCUT2D eigenvalue weighted by Gasteiger charge is 2.17. The topological polar surface area (TPSA) is 3.24 Å². The van der Waals surface area contributed by atoms with Gasteiger partial charge in [0, 0.05) is 17.1 Å². The maximum absolute atomic E-state index is 2.38. The monoisotopic (exact) mass is 801 g/mol. The average molecular weight is 802 g/mol. The van der Waals surface area contributed by atoms with E-state index in [2.05, 4.69) is 266 Å². The highest BCUT2D eigenvalue weighted by Crippen LogP contribution is 2.42. The van der Waals surface area contributed by atoms with E-state index in [4.69, 9.17) is 0 Å². The highest BCUT2D eigenvalue weighted by atomic mass is 15.1. The zero-order valence-electron chi connectivity index (χ0n) is 34.8. The van der Waals surface area contributed by atoms with Crippen molar-refractivity contribution >= 4 is 38.6 Å². The SMILES string of the molecule is c1ccc(-c2cccc(-c3ccc(N(c4ccc(-c5cccc6c5ccc5ccccc56)cc4)c4cccc(-c5ccc(-c6ccccc6)c(-c6ccccc6)c5)c4)cc3)c2)cc1. The lowest BCUT2D eigenvalue weighted by molar-refractivity contribution is 1.28. The summed E-state index contributed by atoms with van der Waals surface area (Å²) in [6.45, 7) is 0. The van der Waals surface area contributed by atoms with Crippen LogP contribution in [0.4, 0.5) is 17.1 Å². The number of hydrogen-bond acceptors (Lipinski definition) is 1. The van der Waals surface area contributed by atoms with Crippen molar-refractivity contribution in [2.75, 3.05) is 4.90 Å². The van der Waals surface area contributed by atoms with Crippen LogP contribution in [0.3, 0.4) is 0 Å². The molecule has 11 aromatic rings. The van der Waals surface area contributed by atoms with Crippen LogP contribution in [0.1, 0.15) is 0 Å². The highest BCUT2D eigenvalue weighted by molar-refractivity contribution is 6.12. The van der Waals surface area contributed by atoms with Crippen molar-refractivity contribution in [3.8, 4) is 66.8 Å². The second kappa shape index (κ2) is 16.7. The van der Waals surface area contributed by atoms with E-state index >= 15 is 0 Å². The van der Waals surface area contributed by atoms with Crippen LogP contribution in [-0.2, 0) is 0 Å². The number of nitrogens with zero attached hydrogens (tertiary/aromatic N) is 1. The number of fused-ring (bicyclic) bond motifs is 3. The van der Waals surface area contributed by atoms with Crippen LogP contribution in [0.2, 0.25) is 0 Å². The van der Waals surface area contributed by atoms with Gasteiger partial charge in [0.15, 0.2) is 0 Å². The molecule has 1 heteroatoms. The Morgan fingerprint density at radius 2 is 0.651 bits per heavy atom. The molecule has 1 nitrogen and oxygen atoms in total. The quantitative estimate of drug-likeness (QED) is 0.131. The molecule has 63 heavy (non-hydrogen) atoms. The molecule has 0 spiro atoms. The van der Waals surface area contributed by atoms with Crippen molar-refractivity contribution in [3.05, 3.63) is 261 Å². The van der Waals surface area contributed by atoms with Gasteiger partial charge >= 0.3 is 0 Å². The fourth-order valence-corrected chi connectivity index (χ4v) is 9.12. The summed E-state index contributed by atoms with van der Waals surface area (Å²) in [5.74, 6) is 0. The molecule has 0 aliphatic heterocycles. The van der Waals surface area contributed by atoms with Gasteiger partial charge in [-0.15, -0.1) is 0 Å². The molecule has 11 rings (SSSR count). The van der Waals surface area contributed by atoms with E-state index in [1.807, 2.05) is 0 Å². The summed E-state index contributed by atoms with van der Waals surface area (Å²) < 4.78 is 0. The van der Waals surface area contributed by atoms with Crippen LogP contribution < -0.4 is 4.90 Å². The Morgan fingerprint density at radius 1 is 0.190 bits per heavy atom. The predicted molar refractivity (Wildman–Crippen MR) is 269 cm³/mol. The van der Waals surface area contributed by atoms with Crippen molar-refractivity contribution < 1.29 is 0 Å². The molecule has 0 amide bonds. The summed E-state index contributed by atoms with van der Waals surface area (Å²) in [6, 6.07) is 94.6. The summed E-state index contributed by atoms with van der Waals surface area (Å²) in [5, 5.41) is 5.07. The molecular formula is C62H43N. The standard InChI is InChI=1S/C62H43N/c1-4-15-44(16-5-1)50-22-12-23-51(41-50)45-29-35-54(36-30-45)63(55-37-31-49(32-38-55)58-27-14-28-60-57-26-11-10-21-48(57)33-40-61(58)60)56-25-13-24-52(42-56)53-34-39-59(46-17-6-2-7-18-46)62(43-53)47-19-8-3-9-20-47/h1-43H. The number of benzene rings is 11. The van der Waals surface area contributed by atoms with Gasteiger partial charge in [0.2, 0.25) is 0 Å². The minimum atomic E-state index is 1.09. The van der Waals surface area contributed by atoms with Crippen LogP contribution >= 0.6 is 0 Å². The van der Waals surface area contributed by atoms with E-state index in [1.54, 1.807) is 0 Å². The lowest BCUT2D eigenvalue weighted by Gasteiger charge is -2.26. The summed E-state index contributed by atoms with van der Waals surface area (Å²) in [6.07, 6.45) is 0. The van der Waals surface area contributed by atoms with E-state index in [0.29, 0.717) is 0 Å². The molecule has 0 heterocycles. The first-order valence-electron chi connectivity index (χ1n) is 21.7. The molecule has 0 atom stereocenters. The largest absolute Gasteiger partial charge is 0.310 e. The zero-order valence-corrected chi connectivity index (χ0v) is 34.8. The van der Waals surface area contributed by atoms with Crippen molar-refractivity contribution in [1.29, 1.82) is 0 Å². The molecule has 0 fully saturated rings. The van der Waals surface area contributed by atoms with Crippen LogP contribution in [0.5, 0.6) is 0 Å². The molecule has 0 saturated carbocycles. The Labute approximate surface area is 369 Å².